The van der Waals surface area contributed by atoms with Gasteiger partial charge in [-0.25, -0.2) is 4.79 Å². The Morgan fingerprint density at radius 3 is 2.76 bits per heavy atom. The smallest absolute Gasteiger partial charge is 0.340 e. The summed E-state index contributed by atoms with van der Waals surface area (Å²) in [7, 11) is 0. The van der Waals surface area contributed by atoms with Gasteiger partial charge >= 0.3 is 5.63 Å². The van der Waals surface area contributed by atoms with Crippen LogP contribution in [0.5, 0.6) is 0 Å². The Hall–Kier alpha value is -3.61. The second kappa shape index (κ2) is 7.20. The van der Waals surface area contributed by atoms with Gasteiger partial charge in [-0.15, -0.1) is 0 Å². The van der Waals surface area contributed by atoms with E-state index in [1.165, 1.54) is 0 Å². The molecular formula is C26H24N2O5. The zero-order valence-electron chi connectivity index (χ0n) is 18.6. The molecule has 0 saturated carbocycles. The van der Waals surface area contributed by atoms with E-state index in [9.17, 15) is 14.4 Å². The van der Waals surface area contributed by atoms with E-state index in [1.54, 1.807) is 24.5 Å². The predicted molar refractivity (Wildman–Crippen MR) is 124 cm³/mol. The van der Waals surface area contributed by atoms with E-state index >= 15 is 0 Å². The molecule has 3 aromatic heterocycles. The number of hydrogen-bond donors (Lipinski definition) is 0. The van der Waals surface area contributed by atoms with Gasteiger partial charge in [-0.3, -0.25) is 9.59 Å². The van der Waals surface area contributed by atoms with E-state index in [1.807, 2.05) is 35.4 Å². The average molecular weight is 444 g/mol. The lowest BCUT2D eigenvalue weighted by Gasteiger charge is -2.42. The first-order chi connectivity index (χ1) is 15.9. The zero-order chi connectivity index (χ0) is 22.9. The van der Waals surface area contributed by atoms with Crippen LogP contribution in [0.1, 0.15) is 34.7 Å². The predicted octanol–water partition coefficient (Wildman–Crippen LogP) is 3.51. The third-order valence-electron chi connectivity index (χ3n) is 7.34. The second-order valence-corrected chi connectivity index (χ2v) is 9.43. The summed E-state index contributed by atoms with van der Waals surface area (Å²) in [5.74, 6) is 0.306. The monoisotopic (exact) mass is 444 g/mol. The first-order valence-electron chi connectivity index (χ1n) is 11.3. The lowest BCUT2D eigenvalue weighted by Crippen LogP contribution is -2.49. The van der Waals surface area contributed by atoms with Crippen molar-refractivity contribution in [3.8, 4) is 0 Å². The molecule has 2 bridgehead atoms. The van der Waals surface area contributed by atoms with Crippen LogP contribution in [-0.4, -0.2) is 28.5 Å². The number of furan rings is 1. The second-order valence-electron chi connectivity index (χ2n) is 9.43. The molecule has 6 rings (SSSR count). The van der Waals surface area contributed by atoms with Crippen molar-refractivity contribution in [2.75, 3.05) is 13.1 Å². The Kier molecular flexibility index (Phi) is 4.37. The number of fused-ring (bicyclic) bond motifs is 6. The summed E-state index contributed by atoms with van der Waals surface area (Å²) in [5, 5.41) is 1.78. The van der Waals surface area contributed by atoms with Crippen molar-refractivity contribution in [3.05, 3.63) is 79.8 Å². The van der Waals surface area contributed by atoms with Gasteiger partial charge < -0.3 is 18.3 Å². The highest BCUT2D eigenvalue weighted by Gasteiger charge is 2.36. The summed E-state index contributed by atoms with van der Waals surface area (Å²) >= 11 is 0. The molecule has 2 aliphatic rings. The summed E-state index contributed by atoms with van der Waals surface area (Å²) in [5.41, 5.74) is 3.85. The Morgan fingerprint density at radius 1 is 1.06 bits per heavy atom. The minimum absolute atomic E-state index is 0.00749. The third-order valence-corrected chi connectivity index (χ3v) is 7.34. The summed E-state index contributed by atoms with van der Waals surface area (Å²) in [4.78, 5) is 40.2. The molecule has 33 heavy (non-hydrogen) atoms. The topological polar surface area (TPSA) is 85.7 Å². The maximum absolute atomic E-state index is 13.3. The number of likely N-dealkylation sites (tertiary alicyclic amines) is 1. The van der Waals surface area contributed by atoms with Crippen molar-refractivity contribution in [1.29, 1.82) is 0 Å². The standard InChI is InChI=1S/C26H24N2O5/c1-14-13-32-22-9-23-19(7-18(14)22)15(2)20(26(31)33-23)8-25(30)27-10-16-6-17(12-27)21-4-3-5-24(29)28(21)11-16/h3-5,7,9,13,16-17H,6,8,10-12H2,1-2H3/t16-,17-/m1/s1. The summed E-state index contributed by atoms with van der Waals surface area (Å²) in [6, 6.07) is 9.07. The van der Waals surface area contributed by atoms with Gasteiger partial charge in [0.1, 0.15) is 11.2 Å². The molecule has 2 aliphatic heterocycles. The van der Waals surface area contributed by atoms with E-state index in [2.05, 4.69) is 0 Å². The number of rotatable bonds is 2. The fourth-order valence-corrected chi connectivity index (χ4v) is 5.60. The van der Waals surface area contributed by atoms with Crippen molar-refractivity contribution in [2.24, 2.45) is 5.92 Å². The molecule has 1 aromatic carbocycles. The highest BCUT2D eigenvalue weighted by molar-refractivity contribution is 5.96. The van der Waals surface area contributed by atoms with Gasteiger partial charge in [-0.05, 0) is 49.4 Å². The van der Waals surface area contributed by atoms with Gasteiger partial charge in [0.05, 0.1) is 18.2 Å². The van der Waals surface area contributed by atoms with Crippen LogP contribution in [0.2, 0.25) is 0 Å². The highest BCUT2D eigenvalue weighted by Crippen LogP contribution is 2.35. The van der Waals surface area contributed by atoms with E-state index in [0.717, 1.165) is 34.0 Å². The van der Waals surface area contributed by atoms with Gasteiger partial charge in [0.15, 0.2) is 0 Å². The molecule has 168 valence electrons. The van der Waals surface area contributed by atoms with Crippen LogP contribution in [0.3, 0.4) is 0 Å². The number of benzene rings is 1. The van der Waals surface area contributed by atoms with Gasteiger partial charge in [-0.1, -0.05) is 6.07 Å². The number of aryl methyl sites for hydroxylation is 2. The summed E-state index contributed by atoms with van der Waals surface area (Å²) in [6.45, 7) is 5.63. The lowest BCUT2D eigenvalue weighted by atomic mass is 9.83. The minimum atomic E-state index is -0.481. The van der Waals surface area contributed by atoms with Crippen LogP contribution in [-0.2, 0) is 17.8 Å². The molecule has 1 saturated heterocycles. The SMILES string of the molecule is Cc1coc2cc3oc(=O)c(CC(=O)N4C[C@H]5C[C@H](C4)c4cccc(=O)n4C5)c(C)c3cc12. The first-order valence-corrected chi connectivity index (χ1v) is 11.3. The van der Waals surface area contributed by atoms with E-state index < -0.39 is 5.63 Å². The number of amides is 1. The van der Waals surface area contributed by atoms with E-state index in [0.29, 0.717) is 36.4 Å². The zero-order valence-corrected chi connectivity index (χ0v) is 18.6. The number of piperidine rings is 1. The number of pyridine rings is 1. The third kappa shape index (κ3) is 3.14. The summed E-state index contributed by atoms with van der Waals surface area (Å²) < 4.78 is 13.0. The summed E-state index contributed by atoms with van der Waals surface area (Å²) in [6.07, 6.45) is 2.67. The Bertz CT molecular complexity index is 1560. The maximum atomic E-state index is 13.3. The molecule has 2 atom stereocenters. The van der Waals surface area contributed by atoms with Gasteiger partial charge in [0.25, 0.3) is 5.56 Å². The van der Waals surface area contributed by atoms with Crippen molar-refractivity contribution in [2.45, 2.75) is 39.2 Å². The van der Waals surface area contributed by atoms with Crippen LogP contribution in [0.25, 0.3) is 21.9 Å². The number of nitrogens with zero attached hydrogens (tertiary/aromatic N) is 2. The lowest BCUT2D eigenvalue weighted by molar-refractivity contribution is -0.133. The normalized spacial score (nSPS) is 19.8. The fraction of sp³-hybridized carbons (Fsp3) is 0.346. The molecular weight excluding hydrogens is 420 g/mol. The number of aromatic nitrogens is 1. The molecule has 7 nitrogen and oxygen atoms in total. The maximum Gasteiger partial charge on any atom is 0.340 e. The van der Waals surface area contributed by atoms with Gasteiger partial charge in [0, 0.05) is 54.2 Å². The van der Waals surface area contributed by atoms with Crippen molar-refractivity contribution in [1.82, 2.24) is 9.47 Å². The molecule has 0 spiro atoms. The fourth-order valence-electron chi connectivity index (χ4n) is 5.60. The van der Waals surface area contributed by atoms with Crippen molar-refractivity contribution in [3.63, 3.8) is 0 Å². The largest absolute Gasteiger partial charge is 0.464 e. The molecule has 0 N–H and O–H groups in total. The van der Waals surface area contributed by atoms with Crippen LogP contribution in [0.15, 0.2) is 55.0 Å². The molecule has 4 aromatic rings. The van der Waals surface area contributed by atoms with Crippen LogP contribution < -0.4 is 11.2 Å². The molecule has 1 fully saturated rings. The molecule has 0 unspecified atom stereocenters. The minimum Gasteiger partial charge on any atom is -0.464 e. The molecule has 1 amide bonds. The molecule has 5 heterocycles. The Morgan fingerprint density at radius 2 is 1.91 bits per heavy atom. The van der Waals surface area contributed by atoms with Crippen LogP contribution in [0, 0.1) is 19.8 Å². The molecule has 0 aliphatic carbocycles. The van der Waals surface area contributed by atoms with Crippen molar-refractivity contribution >= 4 is 27.8 Å². The van der Waals surface area contributed by atoms with Crippen molar-refractivity contribution < 1.29 is 13.6 Å². The Labute approximate surface area is 189 Å². The van der Waals surface area contributed by atoms with Gasteiger partial charge in [-0.2, -0.15) is 0 Å². The molecule has 0 radical (unpaired) electrons. The number of hydrogen-bond acceptors (Lipinski definition) is 5. The molecule has 7 heteroatoms. The first kappa shape index (κ1) is 20.0. The average Bonchev–Trinajstić information content (AvgIpc) is 3.15. The quantitative estimate of drug-likeness (QED) is 0.442. The van der Waals surface area contributed by atoms with E-state index in [4.69, 9.17) is 8.83 Å². The van der Waals surface area contributed by atoms with E-state index in [-0.39, 0.29) is 29.7 Å². The van der Waals surface area contributed by atoms with Crippen LogP contribution >= 0.6 is 0 Å². The van der Waals surface area contributed by atoms with Gasteiger partial charge in [0.2, 0.25) is 5.91 Å². The number of carbonyl (C=O) groups excluding carboxylic acids is 1. The Balaban J connectivity index is 1.32. The number of carbonyl (C=O) groups is 1. The highest BCUT2D eigenvalue weighted by atomic mass is 16.4. The van der Waals surface area contributed by atoms with Crippen LogP contribution in [0.4, 0.5) is 0 Å².